The van der Waals surface area contributed by atoms with E-state index >= 15 is 0 Å². The van der Waals surface area contributed by atoms with Crippen molar-refractivity contribution in [3.05, 3.63) is 78.4 Å². The summed E-state index contributed by atoms with van der Waals surface area (Å²) in [6, 6.07) is 16.0. The third-order valence-corrected chi connectivity index (χ3v) is 4.11. The first-order valence-electron chi connectivity index (χ1n) is 8.59. The fourth-order valence-corrected chi connectivity index (χ4v) is 2.69. The number of carbonyl (C=O) groups excluding carboxylic acids is 2. The molecule has 28 heavy (non-hydrogen) atoms. The fourth-order valence-electron chi connectivity index (χ4n) is 2.14. The number of halogens is 1. The van der Waals surface area contributed by atoms with Gasteiger partial charge in [-0.3, -0.25) is 4.79 Å². The average molecular weight is 496 g/mol. The van der Waals surface area contributed by atoms with Gasteiger partial charge in [-0.15, -0.1) is 0 Å². The zero-order chi connectivity index (χ0) is 20.2. The Labute approximate surface area is 177 Å². The average Bonchev–Trinajstić information content (AvgIpc) is 2.73. The highest BCUT2D eigenvalue weighted by molar-refractivity contribution is 14.1. The normalized spacial score (nSPS) is 11.5. The zero-order valence-electron chi connectivity index (χ0n) is 15.2. The number of hydrogen-bond donors (Lipinski definition) is 0. The van der Waals surface area contributed by atoms with Crippen LogP contribution in [0.15, 0.2) is 67.3 Å². The van der Waals surface area contributed by atoms with E-state index in [4.69, 9.17) is 18.9 Å². The van der Waals surface area contributed by atoms with Crippen LogP contribution in [0.1, 0.15) is 15.9 Å². The van der Waals surface area contributed by atoms with E-state index in [0.717, 1.165) is 6.08 Å². The Kier molecular flexibility index (Phi) is 9.67. The first-order valence-corrected chi connectivity index (χ1v) is 9.84. The molecule has 6 nitrogen and oxygen atoms in total. The SMILES string of the molecule is C=CC(=O)OCCOCCOC(I)Oc1ccc(C(=O)c2ccccc2)cc1. The number of ether oxygens (including phenoxy) is 4. The van der Waals surface area contributed by atoms with E-state index in [1.54, 1.807) is 36.4 Å². The van der Waals surface area contributed by atoms with Crippen LogP contribution in [0.2, 0.25) is 0 Å². The third-order valence-electron chi connectivity index (χ3n) is 3.50. The maximum absolute atomic E-state index is 12.4. The summed E-state index contributed by atoms with van der Waals surface area (Å²) in [5.41, 5.74) is 1.24. The lowest BCUT2D eigenvalue weighted by Gasteiger charge is -2.14. The van der Waals surface area contributed by atoms with Gasteiger partial charge in [0.2, 0.25) is 0 Å². The molecule has 0 heterocycles. The Bertz CT molecular complexity index is 760. The highest BCUT2D eigenvalue weighted by Gasteiger charge is 2.10. The second kappa shape index (κ2) is 12.3. The molecule has 7 heteroatoms. The molecule has 0 saturated carbocycles. The minimum atomic E-state index is -0.504. The molecule has 2 rings (SSSR count). The van der Waals surface area contributed by atoms with E-state index in [1.165, 1.54) is 0 Å². The van der Waals surface area contributed by atoms with Gasteiger partial charge >= 0.3 is 5.97 Å². The monoisotopic (exact) mass is 496 g/mol. The molecule has 1 unspecified atom stereocenters. The van der Waals surface area contributed by atoms with Gasteiger partial charge in [0.25, 0.3) is 4.30 Å². The van der Waals surface area contributed by atoms with Crippen molar-refractivity contribution < 1.29 is 28.5 Å². The predicted molar refractivity (Wildman–Crippen MR) is 113 cm³/mol. The molecule has 0 aromatic heterocycles. The summed E-state index contributed by atoms with van der Waals surface area (Å²) in [5.74, 6) is 0.0867. The summed E-state index contributed by atoms with van der Waals surface area (Å²) in [4.78, 5) is 23.2. The number of hydrogen-bond acceptors (Lipinski definition) is 6. The number of carbonyl (C=O) groups is 2. The van der Waals surface area contributed by atoms with E-state index in [1.807, 2.05) is 40.8 Å². The molecular formula is C21H21IO6. The lowest BCUT2D eigenvalue weighted by molar-refractivity contribution is -0.139. The number of esters is 1. The van der Waals surface area contributed by atoms with Crippen LogP contribution in [0.25, 0.3) is 0 Å². The maximum atomic E-state index is 12.4. The van der Waals surface area contributed by atoms with Crippen LogP contribution in [-0.2, 0) is 19.0 Å². The lowest BCUT2D eigenvalue weighted by Crippen LogP contribution is -2.17. The Hall–Kier alpha value is -2.23. The minimum Gasteiger partial charge on any atom is -0.460 e. The van der Waals surface area contributed by atoms with Gasteiger partial charge in [0.1, 0.15) is 12.4 Å². The summed E-state index contributed by atoms with van der Waals surface area (Å²) >= 11 is 2.01. The van der Waals surface area contributed by atoms with Crippen molar-refractivity contribution in [3.8, 4) is 5.75 Å². The minimum absolute atomic E-state index is 0.0367. The van der Waals surface area contributed by atoms with Gasteiger partial charge in [0.15, 0.2) is 5.78 Å². The fraction of sp³-hybridized carbons (Fsp3) is 0.238. The van der Waals surface area contributed by atoms with Crippen molar-refractivity contribution in [1.29, 1.82) is 0 Å². The lowest BCUT2D eigenvalue weighted by atomic mass is 10.0. The second-order valence-electron chi connectivity index (χ2n) is 5.47. The molecule has 0 aliphatic carbocycles. The van der Waals surface area contributed by atoms with Crippen LogP contribution in [0.5, 0.6) is 5.75 Å². The van der Waals surface area contributed by atoms with Gasteiger partial charge in [-0.05, 0) is 46.9 Å². The molecule has 0 spiro atoms. The van der Waals surface area contributed by atoms with Crippen molar-refractivity contribution in [2.24, 2.45) is 0 Å². The molecule has 0 bridgehead atoms. The molecule has 1 atom stereocenters. The highest BCUT2D eigenvalue weighted by atomic mass is 127. The van der Waals surface area contributed by atoms with Crippen LogP contribution in [0, 0.1) is 0 Å². The standard InChI is InChI=1S/C21H21IO6/c1-2-19(23)26-14-12-25-13-15-27-21(22)28-18-10-8-17(9-11-18)20(24)16-6-4-3-5-7-16/h2-11,21H,1,12-15H2. The molecule has 0 fully saturated rings. The molecule has 0 N–H and O–H groups in total. The van der Waals surface area contributed by atoms with E-state index in [0.29, 0.717) is 30.1 Å². The van der Waals surface area contributed by atoms with E-state index < -0.39 is 10.3 Å². The zero-order valence-corrected chi connectivity index (χ0v) is 17.4. The molecule has 0 amide bonds. The van der Waals surface area contributed by atoms with E-state index in [2.05, 4.69) is 6.58 Å². The molecular weight excluding hydrogens is 475 g/mol. The van der Waals surface area contributed by atoms with Crippen LogP contribution in [-0.4, -0.2) is 42.5 Å². The van der Waals surface area contributed by atoms with Gasteiger partial charge < -0.3 is 18.9 Å². The predicted octanol–water partition coefficient (Wildman–Crippen LogP) is 3.78. The Morgan fingerprint density at radius 1 is 0.929 bits per heavy atom. The molecule has 0 radical (unpaired) electrons. The Morgan fingerprint density at radius 2 is 1.57 bits per heavy atom. The summed E-state index contributed by atoms with van der Waals surface area (Å²) in [6.45, 7) is 4.43. The maximum Gasteiger partial charge on any atom is 0.330 e. The number of alkyl halides is 1. The summed E-state index contributed by atoms with van der Waals surface area (Å²) in [6.07, 6.45) is 1.10. The van der Waals surface area contributed by atoms with Crippen molar-refractivity contribution in [3.63, 3.8) is 0 Å². The van der Waals surface area contributed by atoms with Crippen molar-refractivity contribution in [2.45, 2.75) is 4.30 Å². The third kappa shape index (κ3) is 7.79. The largest absolute Gasteiger partial charge is 0.460 e. The Balaban J connectivity index is 1.67. The van der Waals surface area contributed by atoms with Gasteiger partial charge in [-0.2, -0.15) is 0 Å². The summed E-state index contributed by atoms with van der Waals surface area (Å²) < 4.78 is 20.7. The quantitative estimate of drug-likeness (QED) is 0.0848. The molecule has 2 aromatic rings. The van der Waals surface area contributed by atoms with E-state index in [-0.39, 0.29) is 19.0 Å². The second-order valence-corrected chi connectivity index (χ2v) is 6.48. The summed E-state index contributed by atoms with van der Waals surface area (Å²) in [5, 5.41) is 0. The molecule has 0 aliphatic rings. The number of benzene rings is 2. The number of ketones is 1. The van der Waals surface area contributed by atoms with Gasteiger partial charge in [0.05, 0.1) is 19.8 Å². The topological polar surface area (TPSA) is 71.1 Å². The summed E-state index contributed by atoms with van der Waals surface area (Å²) in [7, 11) is 0. The first-order chi connectivity index (χ1) is 13.6. The van der Waals surface area contributed by atoms with Gasteiger partial charge in [0, 0.05) is 17.2 Å². The van der Waals surface area contributed by atoms with Crippen molar-refractivity contribution in [1.82, 2.24) is 0 Å². The molecule has 2 aromatic carbocycles. The van der Waals surface area contributed by atoms with Crippen LogP contribution in [0.4, 0.5) is 0 Å². The van der Waals surface area contributed by atoms with Crippen LogP contribution < -0.4 is 4.74 Å². The number of rotatable bonds is 12. The van der Waals surface area contributed by atoms with E-state index in [9.17, 15) is 9.59 Å². The van der Waals surface area contributed by atoms with Crippen LogP contribution in [0.3, 0.4) is 0 Å². The molecule has 0 aliphatic heterocycles. The molecule has 0 saturated heterocycles. The van der Waals surface area contributed by atoms with Gasteiger partial charge in [-0.25, -0.2) is 4.79 Å². The van der Waals surface area contributed by atoms with Crippen molar-refractivity contribution in [2.75, 3.05) is 26.4 Å². The molecule has 148 valence electrons. The van der Waals surface area contributed by atoms with Crippen LogP contribution >= 0.6 is 22.6 Å². The Morgan fingerprint density at radius 3 is 2.25 bits per heavy atom. The van der Waals surface area contributed by atoms with Gasteiger partial charge in [-0.1, -0.05) is 36.9 Å². The highest BCUT2D eigenvalue weighted by Crippen LogP contribution is 2.18. The van der Waals surface area contributed by atoms with Crippen molar-refractivity contribution >= 4 is 34.3 Å². The first kappa shape index (κ1) is 22.1. The smallest absolute Gasteiger partial charge is 0.330 e.